The smallest absolute Gasteiger partial charge is 0.242 e. The molecule has 98 valence electrons. The van der Waals surface area contributed by atoms with Gasteiger partial charge in [-0.1, -0.05) is 44.2 Å². The molecule has 0 bridgehead atoms. The molecule has 1 aromatic carbocycles. The lowest BCUT2D eigenvalue weighted by Crippen LogP contribution is -2.34. The lowest BCUT2D eigenvalue weighted by atomic mass is 9.92. The first-order valence-electron chi connectivity index (χ1n) is 6.52. The number of carbonyl (C=O) groups excluding carboxylic acids is 1. The number of nitrogens with one attached hydrogen (secondary N) is 1. The fraction of sp³-hybridized carbons (Fsp3) is 0.533. The van der Waals surface area contributed by atoms with Crippen molar-refractivity contribution in [3.8, 4) is 0 Å². The van der Waals surface area contributed by atoms with Crippen LogP contribution >= 0.6 is 11.6 Å². The Balaban J connectivity index is 1.89. The molecule has 1 aliphatic rings. The van der Waals surface area contributed by atoms with Gasteiger partial charge in [0.1, 0.15) is 5.38 Å². The van der Waals surface area contributed by atoms with Crippen molar-refractivity contribution in [2.75, 3.05) is 6.54 Å². The van der Waals surface area contributed by atoms with E-state index in [2.05, 4.69) is 19.2 Å². The summed E-state index contributed by atoms with van der Waals surface area (Å²) in [7, 11) is 0. The Morgan fingerprint density at radius 2 is 1.94 bits per heavy atom. The van der Waals surface area contributed by atoms with Crippen molar-refractivity contribution >= 4 is 17.5 Å². The van der Waals surface area contributed by atoms with E-state index in [1.54, 1.807) is 0 Å². The van der Waals surface area contributed by atoms with Crippen LogP contribution in [0.1, 0.15) is 37.6 Å². The van der Waals surface area contributed by atoms with E-state index in [1.165, 1.54) is 12.8 Å². The minimum absolute atomic E-state index is 0.0882. The normalized spacial score (nSPS) is 18.4. The zero-order chi connectivity index (χ0) is 13.2. The highest BCUT2D eigenvalue weighted by molar-refractivity contribution is 6.30. The third-order valence-corrected chi connectivity index (χ3v) is 4.50. The molecule has 1 unspecified atom stereocenters. The van der Waals surface area contributed by atoms with E-state index < -0.39 is 5.38 Å². The van der Waals surface area contributed by atoms with Gasteiger partial charge in [-0.15, -0.1) is 11.6 Å². The largest absolute Gasteiger partial charge is 0.354 e. The van der Waals surface area contributed by atoms with Gasteiger partial charge in [0.2, 0.25) is 5.91 Å². The van der Waals surface area contributed by atoms with Gasteiger partial charge in [-0.2, -0.15) is 0 Å². The number of benzene rings is 1. The monoisotopic (exact) mass is 265 g/mol. The van der Waals surface area contributed by atoms with Crippen LogP contribution in [0.15, 0.2) is 30.3 Å². The first-order valence-corrected chi connectivity index (χ1v) is 6.95. The zero-order valence-corrected chi connectivity index (χ0v) is 11.7. The van der Waals surface area contributed by atoms with Gasteiger partial charge in [0, 0.05) is 6.54 Å². The summed E-state index contributed by atoms with van der Waals surface area (Å²) in [5.74, 6) is 0.526. The molecular formula is C15H20ClNO. The molecule has 1 fully saturated rings. The van der Waals surface area contributed by atoms with Crippen LogP contribution in [0.4, 0.5) is 0 Å². The Hall–Kier alpha value is -1.02. The summed E-state index contributed by atoms with van der Waals surface area (Å²) in [6.45, 7) is 5.18. The van der Waals surface area contributed by atoms with Crippen molar-refractivity contribution in [2.24, 2.45) is 11.3 Å². The third-order valence-electron chi connectivity index (χ3n) is 4.05. The fourth-order valence-corrected chi connectivity index (χ4v) is 2.47. The molecule has 2 rings (SSSR count). The lowest BCUT2D eigenvalue weighted by molar-refractivity contribution is -0.121. The van der Waals surface area contributed by atoms with E-state index in [9.17, 15) is 4.79 Å². The second-order valence-corrected chi connectivity index (χ2v) is 5.94. The quantitative estimate of drug-likeness (QED) is 0.811. The van der Waals surface area contributed by atoms with E-state index in [-0.39, 0.29) is 5.91 Å². The van der Waals surface area contributed by atoms with Crippen LogP contribution in [-0.4, -0.2) is 12.5 Å². The van der Waals surface area contributed by atoms with Gasteiger partial charge in [-0.05, 0) is 29.7 Å². The molecule has 1 aromatic rings. The maximum atomic E-state index is 12.0. The average molecular weight is 266 g/mol. The van der Waals surface area contributed by atoms with Crippen molar-refractivity contribution < 1.29 is 4.79 Å². The summed E-state index contributed by atoms with van der Waals surface area (Å²) in [5.41, 5.74) is 1.18. The maximum Gasteiger partial charge on any atom is 0.242 e. The number of alkyl halides is 1. The van der Waals surface area contributed by atoms with Gasteiger partial charge in [0.25, 0.3) is 0 Å². The second-order valence-electron chi connectivity index (χ2n) is 5.51. The van der Waals surface area contributed by atoms with Gasteiger partial charge >= 0.3 is 0 Å². The van der Waals surface area contributed by atoms with E-state index in [0.29, 0.717) is 11.3 Å². The van der Waals surface area contributed by atoms with E-state index in [4.69, 9.17) is 11.6 Å². The highest BCUT2D eigenvalue weighted by Gasteiger charge is 2.45. The molecule has 0 saturated heterocycles. The molecule has 0 spiro atoms. The Bertz CT molecular complexity index is 412. The predicted octanol–water partition coefficient (Wildman–Crippen LogP) is 3.52. The van der Waals surface area contributed by atoms with Gasteiger partial charge in [0.05, 0.1) is 0 Å². The van der Waals surface area contributed by atoms with Crippen molar-refractivity contribution in [3.05, 3.63) is 35.9 Å². The van der Waals surface area contributed by atoms with Crippen LogP contribution in [0, 0.1) is 11.3 Å². The fourth-order valence-electron chi connectivity index (χ4n) is 2.24. The molecule has 1 N–H and O–H groups in total. The number of hydrogen-bond donors (Lipinski definition) is 1. The second kappa shape index (κ2) is 5.31. The first kappa shape index (κ1) is 13.4. The summed E-state index contributed by atoms with van der Waals surface area (Å²) in [6, 6.07) is 9.48. The summed E-state index contributed by atoms with van der Waals surface area (Å²) in [4.78, 5) is 12.0. The standard InChI is InChI=1S/C15H20ClNO/c1-11(2)15(8-9-15)10-17-14(18)13(16)12-6-4-3-5-7-12/h3-7,11,13H,8-10H2,1-2H3,(H,17,18). The van der Waals surface area contributed by atoms with Crippen LogP contribution in [0.25, 0.3) is 0 Å². The topological polar surface area (TPSA) is 29.1 Å². The molecule has 1 amide bonds. The lowest BCUT2D eigenvalue weighted by Gasteiger charge is -2.21. The number of halogens is 1. The molecule has 18 heavy (non-hydrogen) atoms. The number of carbonyl (C=O) groups is 1. The molecule has 1 atom stereocenters. The third kappa shape index (κ3) is 2.86. The molecule has 1 aliphatic carbocycles. The van der Waals surface area contributed by atoms with E-state index >= 15 is 0 Å². The average Bonchev–Trinajstić information content (AvgIpc) is 3.17. The maximum absolute atomic E-state index is 12.0. The Morgan fingerprint density at radius 3 is 2.44 bits per heavy atom. The molecule has 1 saturated carbocycles. The van der Waals surface area contributed by atoms with Crippen LogP contribution in [0.5, 0.6) is 0 Å². The molecule has 0 aromatic heterocycles. The van der Waals surface area contributed by atoms with Gasteiger partial charge in [-0.3, -0.25) is 4.79 Å². The SMILES string of the molecule is CC(C)C1(CNC(=O)C(Cl)c2ccccc2)CC1. The van der Waals surface area contributed by atoms with Gasteiger partial charge < -0.3 is 5.32 Å². The van der Waals surface area contributed by atoms with Crippen LogP contribution in [0.2, 0.25) is 0 Å². The molecule has 0 heterocycles. The summed E-state index contributed by atoms with van der Waals surface area (Å²) in [6.07, 6.45) is 2.42. The Labute approximate surface area is 114 Å². The molecular weight excluding hydrogens is 246 g/mol. The van der Waals surface area contributed by atoms with Crippen molar-refractivity contribution in [1.82, 2.24) is 5.32 Å². The van der Waals surface area contributed by atoms with Crippen molar-refractivity contribution in [1.29, 1.82) is 0 Å². The number of amides is 1. The first-order chi connectivity index (χ1) is 8.55. The molecule has 0 radical (unpaired) electrons. The van der Waals surface area contributed by atoms with Crippen LogP contribution < -0.4 is 5.32 Å². The summed E-state index contributed by atoms with van der Waals surface area (Å²) < 4.78 is 0. The minimum Gasteiger partial charge on any atom is -0.354 e. The van der Waals surface area contributed by atoms with Crippen LogP contribution in [0.3, 0.4) is 0 Å². The molecule has 2 nitrogen and oxygen atoms in total. The van der Waals surface area contributed by atoms with Gasteiger partial charge in [-0.25, -0.2) is 0 Å². The molecule has 0 aliphatic heterocycles. The molecule has 3 heteroatoms. The minimum atomic E-state index is -0.589. The van der Waals surface area contributed by atoms with Gasteiger partial charge in [0.15, 0.2) is 0 Å². The van der Waals surface area contributed by atoms with E-state index in [1.807, 2.05) is 30.3 Å². The highest BCUT2D eigenvalue weighted by Crippen LogP contribution is 2.51. The highest BCUT2D eigenvalue weighted by atomic mass is 35.5. The number of hydrogen-bond acceptors (Lipinski definition) is 1. The zero-order valence-electron chi connectivity index (χ0n) is 10.9. The van der Waals surface area contributed by atoms with Crippen molar-refractivity contribution in [3.63, 3.8) is 0 Å². The van der Waals surface area contributed by atoms with E-state index in [0.717, 1.165) is 12.1 Å². The summed E-state index contributed by atoms with van der Waals surface area (Å²) >= 11 is 6.17. The Morgan fingerprint density at radius 1 is 1.33 bits per heavy atom. The Kier molecular flexibility index (Phi) is 3.96. The number of rotatable bonds is 5. The van der Waals surface area contributed by atoms with Crippen LogP contribution in [-0.2, 0) is 4.79 Å². The predicted molar refractivity (Wildman–Crippen MR) is 74.6 cm³/mol. The summed E-state index contributed by atoms with van der Waals surface area (Å²) in [5, 5.41) is 2.41. The van der Waals surface area contributed by atoms with Crippen molar-refractivity contribution in [2.45, 2.75) is 32.1 Å².